The number of benzene rings is 1. The number of hydrogen-bond acceptors (Lipinski definition) is 3. The Bertz CT molecular complexity index is 653. The summed E-state index contributed by atoms with van der Waals surface area (Å²) >= 11 is 0. The Morgan fingerprint density at radius 3 is 2.09 bits per heavy atom. The fraction of sp³-hybridized carbons (Fsp3) is 0.368. The molecule has 0 unspecified atom stereocenters. The molecule has 1 aromatic rings. The number of aliphatic imine (C=N–C) groups is 1. The van der Waals surface area contributed by atoms with Gasteiger partial charge in [0.05, 0.1) is 11.4 Å². The van der Waals surface area contributed by atoms with E-state index in [1.54, 1.807) is 12.2 Å². The third-order valence-corrected chi connectivity index (χ3v) is 4.01. The van der Waals surface area contributed by atoms with E-state index >= 15 is 0 Å². The third kappa shape index (κ3) is 3.35. The zero-order chi connectivity index (χ0) is 16.3. The van der Waals surface area contributed by atoms with Crippen LogP contribution in [0.25, 0.3) is 0 Å². The topological polar surface area (TPSA) is 32.7 Å². The molecule has 0 fully saturated rings. The number of ketones is 1. The summed E-state index contributed by atoms with van der Waals surface area (Å²) in [6.45, 7) is 12.3. The van der Waals surface area contributed by atoms with Crippen molar-refractivity contribution in [2.45, 2.75) is 34.6 Å². The molecule has 2 rings (SSSR count). The van der Waals surface area contributed by atoms with Crippen molar-refractivity contribution in [3.63, 3.8) is 0 Å². The lowest BCUT2D eigenvalue weighted by molar-refractivity contribution is -0.110. The van der Waals surface area contributed by atoms with Crippen molar-refractivity contribution in [3.8, 4) is 0 Å². The molecule has 0 amide bonds. The number of carbonyl (C=O) groups is 1. The molecule has 3 nitrogen and oxygen atoms in total. The SMILES string of the molecule is CCN(CC)c1ccc(N=C2C(C)=CC(=O)C=C2C)c(C)c1. The first-order chi connectivity index (χ1) is 10.5. The van der Waals surface area contributed by atoms with Gasteiger partial charge in [0.25, 0.3) is 0 Å². The van der Waals surface area contributed by atoms with Crippen molar-refractivity contribution in [3.05, 3.63) is 47.1 Å². The van der Waals surface area contributed by atoms with Crippen molar-refractivity contribution in [1.29, 1.82) is 0 Å². The zero-order valence-electron chi connectivity index (χ0n) is 14.1. The standard InChI is InChI=1S/C19H24N2O/c1-6-21(7-2)16-8-9-18(13(3)10-16)20-19-14(4)11-17(22)12-15(19)5/h8-12H,6-7H2,1-5H3. The van der Waals surface area contributed by atoms with Crippen molar-refractivity contribution >= 4 is 22.9 Å². The summed E-state index contributed by atoms with van der Waals surface area (Å²) in [6, 6.07) is 6.36. The Balaban J connectivity index is 2.38. The second-order valence-corrected chi connectivity index (χ2v) is 5.66. The van der Waals surface area contributed by atoms with Gasteiger partial charge in [0.1, 0.15) is 0 Å². The number of hydrogen-bond donors (Lipinski definition) is 0. The third-order valence-electron chi connectivity index (χ3n) is 4.01. The Labute approximate surface area is 133 Å². The van der Waals surface area contributed by atoms with E-state index < -0.39 is 0 Å². The lowest BCUT2D eigenvalue weighted by atomic mass is 9.97. The van der Waals surface area contributed by atoms with Crippen LogP contribution in [0, 0.1) is 6.92 Å². The van der Waals surface area contributed by atoms with Gasteiger partial charge in [-0.25, -0.2) is 4.99 Å². The predicted octanol–water partition coefficient (Wildman–Crippen LogP) is 4.39. The van der Waals surface area contributed by atoms with E-state index in [0.29, 0.717) is 0 Å². The Hall–Kier alpha value is -2.16. The first kappa shape index (κ1) is 16.2. The van der Waals surface area contributed by atoms with Crippen molar-refractivity contribution < 1.29 is 4.79 Å². The molecule has 1 aromatic carbocycles. The van der Waals surface area contributed by atoms with Crippen molar-refractivity contribution in [2.24, 2.45) is 4.99 Å². The lowest BCUT2D eigenvalue weighted by Crippen LogP contribution is -2.21. The molecule has 0 saturated carbocycles. The monoisotopic (exact) mass is 296 g/mol. The minimum absolute atomic E-state index is 0.0440. The van der Waals surface area contributed by atoms with E-state index in [1.165, 1.54) is 5.69 Å². The van der Waals surface area contributed by atoms with E-state index in [4.69, 9.17) is 4.99 Å². The normalized spacial score (nSPS) is 14.6. The second-order valence-electron chi connectivity index (χ2n) is 5.66. The lowest BCUT2D eigenvalue weighted by Gasteiger charge is -2.22. The van der Waals surface area contributed by atoms with Gasteiger partial charge in [-0.15, -0.1) is 0 Å². The molecule has 3 heteroatoms. The smallest absolute Gasteiger partial charge is 0.179 e. The van der Waals surface area contributed by atoms with Crippen molar-refractivity contribution in [2.75, 3.05) is 18.0 Å². The largest absolute Gasteiger partial charge is 0.372 e. The maximum absolute atomic E-state index is 11.5. The maximum atomic E-state index is 11.5. The summed E-state index contributed by atoms with van der Waals surface area (Å²) in [5.41, 5.74) is 6.09. The van der Waals surface area contributed by atoms with E-state index in [9.17, 15) is 4.79 Å². The molecule has 0 atom stereocenters. The summed E-state index contributed by atoms with van der Waals surface area (Å²) in [5, 5.41) is 0. The maximum Gasteiger partial charge on any atom is 0.179 e. The van der Waals surface area contributed by atoms with Crippen LogP contribution >= 0.6 is 0 Å². The fourth-order valence-corrected chi connectivity index (χ4v) is 2.76. The van der Waals surface area contributed by atoms with Crippen LogP contribution in [0.4, 0.5) is 11.4 Å². The van der Waals surface area contributed by atoms with Crippen LogP contribution in [0.3, 0.4) is 0 Å². The molecule has 0 N–H and O–H groups in total. The van der Waals surface area contributed by atoms with Gasteiger partial charge in [-0.3, -0.25) is 4.79 Å². The number of anilines is 1. The van der Waals surface area contributed by atoms with Gasteiger partial charge in [0.15, 0.2) is 5.78 Å². The van der Waals surface area contributed by atoms with Crippen LogP contribution in [0.2, 0.25) is 0 Å². The fourth-order valence-electron chi connectivity index (χ4n) is 2.76. The first-order valence-electron chi connectivity index (χ1n) is 7.81. The number of carbonyl (C=O) groups excluding carboxylic acids is 1. The molecule has 0 heterocycles. The highest BCUT2D eigenvalue weighted by molar-refractivity contribution is 6.22. The molecule has 116 valence electrons. The van der Waals surface area contributed by atoms with Crippen molar-refractivity contribution in [1.82, 2.24) is 0 Å². The van der Waals surface area contributed by atoms with Gasteiger partial charge in [-0.2, -0.15) is 0 Å². The van der Waals surface area contributed by atoms with Gasteiger partial charge < -0.3 is 4.90 Å². The zero-order valence-corrected chi connectivity index (χ0v) is 14.1. The summed E-state index contributed by atoms with van der Waals surface area (Å²) in [6.07, 6.45) is 3.29. The van der Waals surface area contributed by atoms with Gasteiger partial charge >= 0.3 is 0 Å². The highest BCUT2D eigenvalue weighted by Crippen LogP contribution is 2.27. The number of aryl methyl sites for hydroxylation is 1. The molecule has 0 spiro atoms. The van der Waals surface area contributed by atoms with Crippen LogP contribution in [0.1, 0.15) is 33.3 Å². The van der Waals surface area contributed by atoms with Crippen LogP contribution in [-0.4, -0.2) is 24.6 Å². The summed E-state index contributed by atoms with van der Waals surface area (Å²) < 4.78 is 0. The van der Waals surface area contributed by atoms with Crippen LogP contribution in [0.5, 0.6) is 0 Å². The molecular formula is C19H24N2O. The predicted molar refractivity (Wildman–Crippen MR) is 94.4 cm³/mol. The van der Waals surface area contributed by atoms with Crippen LogP contribution in [-0.2, 0) is 4.79 Å². The molecular weight excluding hydrogens is 272 g/mol. The van der Waals surface area contributed by atoms with Gasteiger partial charge in [0.2, 0.25) is 0 Å². The molecule has 0 radical (unpaired) electrons. The van der Waals surface area contributed by atoms with E-state index in [-0.39, 0.29) is 5.78 Å². The summed E-state index contributed by atoms with van der Waals surface area (Å²) in [7, 11) is 0. The quantitative estimate of drug-likeness (QED) is 0.772. The molecule has 22 heavy (non-hydrogen) atoms. The molecule has 1 aliphatic carbocycles. The molecule has 0 aliphatic heterocycles. The van der Waals surface area contributed by atoms with E-state index in [1.807, 2.05) is 13.8 Å². The Morgan fingerprint density at radius 1 is 1.00 bits per heavy atom. The van der Waals surface area contributed by atoms with Gasteiger partial charge in [-0.05, 0) is 81.7 Å². The summed E-state index contributed by atoms with van der Waals surface area (Å²) in [4.78, 5) is 18.6. The summed E-state index contributed by atoms with van der Waals surface area (Å²) in [5.74, 6) is 0.0440. The second kappa shape index (κ2) is 6.73. The Morgan fingerprint density at radius 2 is 1.59 bits per heavy atom. The average molecular weight is 296 g/mol. The highest BCUT2D eigenvalue weighted by atomic mass is 16.1. The first-order valence-corrected chi connectivity index (χ1v) is 7.81. The molecule has 0 saturated heterocycles. The van der Waals surface area contributed by atoms with E-state index in [0.717, 1.165) is 41.2 Å². The van der Waals surface area contributed by atoms with Crippen LogP contribution < -0.4 is 4.90 Å². The minimum Gasteiger partial charge on any atom is -0.372 e. The number of nitrogens with zero attached hydrogens (tertiary/aromatic N) is 2. The Kier molecular flexibility index (Phi) is 4.96. The van der Waals surface area contributed by atoms with E-state index in [2.05, 4.69) is 43.9 Å². The van der Waals surface area contributed by atoms with Crippen LogP contribution in [0.15, 0.2) is 46.5 Å². The number of rotatable bonds is 4. The van der Waals surface area contributed by atoms with Gasteiger partial charge in [-0.1, -0.05) is 0 Å². The van der Waals surface area contributed by atoms with Gasteiger partial charge in [0, 0.05) is 18.8 Å². The molecule has 0 aromatic heterocycles. The molecule has 0 bridgehead atoms. The highest BCUT2D eigenvalue weighted by Gasteiger charge is 2.14. The average Bonchev–Trinajstić information content (AvgIpc) is 2.46. The minimum atomic E-state index is 0.0440. The molecule has 1 aliphatic rings. The number of allylic oxidation sites excluding steroid dienone is 4.